The van der Waals surface area contributed by atoms with Gasteiger partial charge in [0.25, 0.3) is 5.91 Å². The average molecular weight is 347 g/mol. The Balaban J connectivity index is 1.69. The molecule has 1 amide bonds. The second-order valence-corrected chi connectivity index (χ2v) is 7.16. The Morgan fingerprint density at radius 2 is 2.12 bits per heavy atom. The van der Waals surface area contributed by atoms with E-state index in [1.165, 1.54) is 11.3 Å². The van der Waals surface area contributed by atoms with Crippen molar-refractivity contribution in [3.05, 3.63) is 34.7 Å². The van der Waals surface area contributed by atoms with E-state index in [1.54, 1.807) is 0 Å². The summed E-state index contributed by atoms with van der Waals surface area (Å²) >= 11 is 1.53. The molecule has 3 rings (SSSR count). The third kappa shape index (κ3) is 3.60. The number of fused-ring (bicyclic) bond motifs is 1. The third-order valence-electron chi connectivity index (χ3n) is 4.61. The number of ether oxygens (including phenoxy) is 1. The van der Waals surface area contributed by atoms with Crippen molar-refractivity contribution in [3.63, 3.8) is 0 Å². The molecule has 1 aliphatic heterocycles. The third-order valence-corrected chi connectivity index (χ3v) is 5.56. The van der Waals surface area contributed by atoms with Gasteiger partial charge in [-0.1, -0.05) is 12.1 Å². The molecule has 24 heavy (non-hydrogen) atoms. The summed E-state index contributed by atoms with van der Waals surface area (Å²) in [5.74, 6) is -1.57. The summed E-state index contributed by atoms with van der Waals surface area (Å²) in [6, 6.07) is 5.98. The minimum absolute atomic E-state index is 0.0541. The predicted octanol–water partition coefficient (Wildman–Crippen LogP) is 3.07. The summed E-state index contributed by atoms with van der Waals surface area (Å²) < 4.78 is 6.36. The van der Waals surface area contributed by atoms with Gasteiger partial charge in [-0.15, -0.1) is 11.3 Å². The fourth-order valence-electron chi connectivity index (χ4n) is 3.18. The van der Waals surface area contributed by atoms with Gasteiger partial charge in [0.15, 0.2) is 0 Å². The van der Waals surface area contributed by atoms with Crippen molar-refractivity contribution in [2.24, 2.45) is 11.8 Å². The molecule has 1 fully saturated rings. The first-order chi connectivity index (χ1) is 11.6. The standard InChI is InChI=1S/C18H21NO4S/c1-11-2-3-13-15(10-24-16(13)8-11)17(20)19-9-14(18(21)22)12-4-6-23-7-5-12/h2-3,8,10,12,14H,4-7,9H2,1H3,(H,19,20)(H,21,22). The summed E-state index contributed by atoms with van der Waals surface area (Å²) in [5.41, 5.74) is 1.77. The average Bonchev–Trinajstić information content (AvgIpc) is 2.98. The molecular formula is C18H21NO4S. The topological polar surface area (TPSA) is 75.6 Å². The molecule has 0 bridgehead atoms. The van der Waals surface area contributed by atoms with Gasteiger partial charge in [0.1, 0.15) is 0 Å². The Morgan fingerprint density at radius 1 is 1.38 bits per heavy atom. The molecule has 2 N–H and O–H groups in total. The molecule has 0 radical (unpaired) electrons. The number of amides is 1. The quantitative estimate of drug-likeness (QED) is 0.871. The van der Waals surface area contributed by atoms with Crippen LogP contribution in [0.3, 0.4) is 0 Å². The van der Waals surface area contributed by atoms with Gasteiger partial charge < -0.3 is 15.2 Å². The summed E-state index contributed by atoms with van der Waals surface area (Å²) in [7, 11) is 0. The molecular weight excluding hydrogens is 326 g/mol. The summed E-state index contributed by atoms with van der Waals surface area (Å²) in [6.07, 6.45) is 1.46. The Bertz CT molecular complexity index is 749. The van der Waals surface area contributed by atoms with E-state index in [4.69, 9.17) is 4.74 Å². The van der Waals surface area contributed by atoms with Gasteiger partial charge in [0.2, 0.25) is 0 Å². The zero-order valence-electron chi connectivity index (χ0n) is 13.6. The molecule has 1 aliphatic rings. The number of aryl methyl sites for hydroxylation is 1. The van der Waals surface area contributed by atoms with Gasteiger partial charge in [-0.2, -0.15) is 0 Å². The van der Waals surface area contributed by atoms with E-state index in [2.05, 4.69) is 11.4 Å². The first kappa shape index (κ1) is 16.9. The van der Waals surface area contributed by atoms with Crippen LogP contribution in [-0.2, 0) is 9.53 Å². The Morgan fingerprint density at radius 3 is 2.83 bits per heavy atom. The smallest absolute Gasteiger partial charge is 0.308 e. The van der Waals surface area contributed by atoms with Crippen LogP contribution >= 0.6 is 11.3 Å². The molecule has 2 heterocycles. The monoisotopic (exact) mass is 347 g/mol. The molecule has 2 aromatic rings. The van der Waals surface area contributed by atoms with E-state index >= 15 is 0 Å². The van der Waals surface area contributed by atoms with Gasteiger partial charge in [-0.3, -0.25) is 9.59 Å². The largest absolute Gasteiger partial charge is 0.481 e. The first-order valence-electron chi connectivity index (χ1n) is 8.13. The molecule has 5 nitrogen and oxygen atoms in total. The molecule has 1 atom stereocenters. The van der Waals surface area contributed by atoms with Crippen molar-refractivity contribution in [3.8, 4) is 0 Å². The lowest BCUT2D eigenvalue weighted by molar-refractivity contribution is -0.144. The Hall–Kier alpha value is -1.92. The van der Waals surface area contributed by atoms with Crippen molar-refractivity contribution in [1.29, 1.82) is 0 Å². The summed E-state index contributed by atoms with van der Waals surface area (Å²) in [6.45, 7) is 3.36. The molecule has 1 aromatic heterocycles. The highest BCUT2D eigenvalue weighted by Crippen LogP contribution is 2.27. The fourth-order valence-corrected chi connectivity index (χ4v) is 4.22. The van der Waals surface area contributed by atoms with Gasteiger partial charge in [0.05, 0.1) is 11.5 Å². The van der Waals surface area contributed by atoms with Gasteiger partial charge >= 0.3 is 5.97 Å². The number of hydrogen-bond acceptors (Lipinski definition) is 4. The van der Waals surface area contributed by atoms with E-state index in [1.807, 2.05) is 24.4 Å². The zero-order valence-corrected chi connectivity index (χ0v) is 14.4. The number of benzene rings is 1. The number of aliphatic carboxylic acids is 1. The van der Waals surface area contributed by atoms with Gasteiger partial charge in [0, 0.05) is 35.2 Å². The van der Waals surface area contributed by atoms with E-state index < -0.39 is 11.9 Å². The summed E-state index contributed by atoms with van der Waals surface area (Å²) in [4.78, 5) is 24.1. The van der Waals surface area contributed by atoms with Crippen LogP contribution in [0.25, 0.3) is 10.1 Å². The number of thiophene rings is 1. The van der Waals surface area contributed by atoms with Crippen LogP contribution in [0.5, 0.6) is 0 Å². The van der Waals surface area contributed by atoms with Crippen molar-refractivity contribution >= 4 is 33.3 Å². The molecule has 128 valence electrons. The number of rotatable bonds is 5. The van der Waals surface area contributed by atoms with Crippen LogP contribution in [0.4, 0.5) is 0 Å². The second-order valence-electron chi connectivity index (χ2n) is 6.25. The molecule has 0 saturated carbocycles. The van der Waals surface area contributed by atoms with Crippen LogP contribution in [0.1, 0.15) is 28.8 Å². The molecule has 0 aliphatic carbocycles. The van der Waals surface area contributed by atoms with Crippen molar-refractivity contribution in [1.82, 2.24) is 5.32 Å². The molecule has 1 saturated heterocycles. The highest BCUT2D eigenvalue weighted by atomic mass is 32.1. The van der Waals surface area contributed by atoms with Crippen molar-refractivity contribution in [2.45, 2.75) is 19.8 Å². The van der Waals surface area contributed by atoms with Crippen LogP contribution in [0.15, 0.2) is 23.6 Å². The lowest BCUT2D eigenvalue weighted by Gasteiger charge is -2.27. The van der Waals surface area contributed by atoms with Crippen molar-refractivity contribution in [2.75, 3.05) is 19.8 Å². The van der Waals surface area contributed by atoms with Gasteiger partial charge in [-0.05, 0) is 37.3 Å². The Kier molecular flexibility index (Phi) is 5.16. The summed E-state index contributed by atoms with van der Waals surface area (Å²) in [5, 5.41) is 15.1. The van der Waals surface area contributed by atoms with E-state index in [9.17, 15) is 14.7 Å². The number of carboxylic acids is 1. The maximum absolute atomic E-state index is 12.5. The number of carbonyl (C=O) groups excluding carboxylic acids is 1. The number of carbonyl (C=O) groups is 2. The van der Waals surface area contributed by atoms with E-state index in [0.29, 0.717) is 18.8 Å². The maximum atomic E-state index is 12.5. The zero-order chi connectivity index (χ0) is 17.1. The number of carboxylic acid groups (broad SMARTS) is 1. The maximum Gasteiger partial charge on any atom is 0.308 e. The van der Waals surface area contributed by atoms with Crippen LogP contribution < -0.4 is 5.32 Å². The van der Waals surface area contributed by atoms with E-state index in [0.717, 1.165) is 28.5 Å². The van der Waals surface area contributed by atoms with Crippen LogP contribution in [-0.4, -0.2) is 36.7 Å². The lowest BCUT2D eigenvalue weighted by atomic mass is 9.86. The second kappa shape index (κ2) is 7.32. The number of hydrogen-bond donors (Lipinski definition) is 2. The molecule has 1 aromatic carbocycles. The molecule has 6 heteroatoms. The van der Waals surface area contributed by atoms with E-state index in [-0.39, 0.29) is 18.4 Å². The minimum atomic E-state index is -0.854. The fraction of sp³-hybridized carbons (Fsp3) is 0.444. The SMILES string of the molecule is Cc1ccc2c(C(=O)NCC(C(=O)O)C3CCOCC3)csc2c1. The van der Waals surface area contributed by atoms with Crippen LogP contribution in [0.2, 0.25) is 0 Å². The van der Waals surface area contributed by atoms with Crippen LogP contribution in [0, 0.1) is 18.8 Å². The molecule has 0 spiro atoms. The highest BCUT2D eigenvalue weighted by molar-refractivity contribution is 7.17. The van der Waals surface area contributed by atoms with Gasteiger partial charge in [-0.25, -0.2) is 0 Å². The first-order valence-corrected chi connectivity index (χ1v) is 9.01. The lowest BCUT2D eigenvalue weighted by Crippen LogP contribution is -2.38. The Labute approximate surface area is 144 Å². The normalized spacial score (nSPS) is 16.9. The van der Waals surface area contributed by atoms with Crippen molar-refractivity contribution < 1.29 is 19.4 Å². The predicted molar refractivity (Wildman–Crippen MR) is 93.6 cm³/mol. The molecule has 1 unspecified atom stereocenters. The highest BCUT2D eigenvalue weighted by Gasteiger charge is 2.30. The minimum Gasteiger partial charge on any atom is -0.481 e. The number of nitrogens with one attached hydrogen (secondary N) is 1.